The van der Waals surface area contributed by atoms with Crippen LogP contribution in [0.15, 0.2) is 12.1 Å². The molecule has 2 rings (SSSR count). The molecule has 0 aromatic carbocycles. The molecule has 0 radical (unpaired) electrons. The fraction of sp³-hybridized carbons (Fsp3) is 0.500. The summed E-state index contributed by atoms with van der Waals surface area (Å²) in [5.74, 6) is 6.16. The summed E-state index contributed by atoms with van der Waals surface area (Å²) in [7, 11) is 1.78. The number of nitrogens with one attached hydrogen (secondary N) is 1. The van der Waals surface area contributed by atoms with Crippen LogP contribution < -0.4 is 11.3 Å². The maximum absolute atomic E-state index is 12.2. The Morgan fingerprint density at radius 2 is 2.33 bits per heavy atom. The summed E-state index contributed by atoms with van der Waals surface area (Å²) < 4.78 is 0. The molecule has 1 aromatic rings. The number of aromatic nitrogens is 1. The lowest BCUT2D eigenvalue weighted by molar-refractivity contribution is 0.0740. The molecule has 1 heterocycles. The van der Waals surface area contributed by atoms with E-state index in [0.29, 0.717) is 16.8 Å². The van der Waals surface area contributed by atoms with Crippen molar-refractivity contribution < 1.29 is 4.79 Å². The monoisotopic (exact) mass is 268 g/mol. The predicted molar refractivity (Wildman–Crippen MR) is 71.4 cm³/mol. The third kappa shape index (κ3) is 2.73. The largest absolute Gasteiger partial charge is 0.340 e. The molecular weight excluding hydrogens is 252 g/mol. The molecule has 5 nitrogen and oxygen atoms in total. The summed E-state index contributed by atoms with van der Waals surface area (Å²) in [5, 5.41) is 0.347. The van der Waals surface area contributed by atoms with Crippen LogP contribution in [0.3, 0.4) is 0 Å². The van der Waals surface area contributed by atoms with E-state index in [9.17, 15) is 4.79 Å². The Bertz CT molecular complexity index is 448. The number of carbonyl (C=O) groups excluding carboxylic acids is 1. The van der Waals surface area contributed by atoms with Crippen molar-refractivity contribution in [1.82, 2.24) is 9.88 Å². The first-order chi connectivity index (χ1) is 8.61. The van der Waals surface area contributed by atoms with Gasteiger partial charge in [0.15, 0.2) is 0 Å². The van der Waals surface area contributed by atoms with Crippen LogP contribution in [0.4, 0.5) is 5.82 Å². The molecule has 6 heteroatoms. The second-order valence-electron chi connectivity index (χ2n) is 4.65. The normalized spacial score (nSPS) is 15.1. The number of carbonyl (C=O) groups is 1. The minimum Gasteiger partial charge on any atom is -0.340 e. The van der Waals surface area contributed by atoms with Crippen LogP contribution in [0.5, 0.6) is 0 Å². The van der Waals surface area contributed by atoms with Crippen molar-refractivity contribution in [2.75, 3.05) is 19.0 Å². The number of nitrogen functional groups attached to an aromatic ring is 1. The highest BCUT2D eigenvalue weighted by atomic mass is 35.5. The molecule has 0 atom stereocenters. The second-order valence-corrected chi connectivity index (χ2v) is 5.06. The van der Waals surface area contributed by atoms with E-state index in [2.05, 4.69) is 10.4 Å². The van der Waals surface area contributed by atoms with E-state index in [4.69, 9.17) is 17.4 Å². The van der Waals surface area contributed by atoms with Crippen LogP contribution in [0.1, 0.15) is 29.8 Å². The number of nitrogens with two attached hydrogens (primary N) is 1. The number of hydrogen-bond acceptors (Lipinski definition) is 4. The van der Waals surface area contributed by atoms with E-state index >= 15 is 0 Å². The Hall–Kier alpha value is -1.33. The molecule has 1 saturated carbocycles. The van der Waals surface area contributed by atoms with Gasteiger partial charge in [-0.05, 0) is 30.9 Å². The van der Waals surface area contributed by atoms with Gasteiger partial charge in [0.1, 0.15) is 11.5 Å². The third-order valence-electron chi connectivity index (χ3n) is 3.30. The first kappa shape index (κ1) is 13.1. The highest BCUT2D eigenvalue weighted by Gasteiger charge is 2.24. The van der Waals surface area contributed by atoms with Crippen molar-refractivity contribution >= 4 is 23.3 Å². The minimum absolute atomic E-state index is 0.163. The average Bonchev–Trinajstić information content (AvgIpc) is 2.33. The third-order valence-corrected chi connectivity index (χ3v) is 3.60. The summed E-state index contributed by atoms with van der Waals surface area (Å²) in [6.07, 6.45) is 3.66. The fourth-order valence-electron chi connectivity index (χ4n) is 2.00. The zero-order valence-corrected chi connectivity index (χ0v) is 11.1. The smallest absolute Gasteiger partial charge is 0.273 e. The summed E-state index contributed by atoms with van der Waals surface area (Å²) in [6.45, 7) is 0.761. The second kappa shape index (κ2) is 5.54. The van der Waals surface area contributed by atoms with Crippen LogP contribution in [0, 0.1) is 5.92 Å². The van der Waals surface area contributed by atoms with Gasteiger partial charge in [0.2, 0.25) is 0 Å². The highest BCUT2D eigenvalue weighted by Crippen LogP contribution is 2.27. The van der Waals surface area contributed by atoms with Crippen molar-refractivity contribution in [3.63, 3.8) is 0 Å². The van der Waals surface area contributed by atoms with Crippen LogP contribution >= 0.6 is 11.6 Å². The highest BCUT2D eigenvalue weighted by molar-refractivity contribution is 6.33. The zero-order chi connectivity index (χ0) is 13.1. The standard InChI is InChI=1S/C12H17ClN4O/c1-17(7-8-3-2-4-8)12(18)11-9(13)5-6-10(15-11)16-14/h5-6,8H,2-4,7,14H2,1H3,(H,15,16). The molecule has 98 valence electrons. The number of nitrogens with zero attached hydrogens (tertiary/aromatic N) is 2. The first-order valence-electron chi connectivity index (χ1n) is 6.00. The van der Waals surface area contributed by atoms with Crippen molar-refractivity contribution in [3.05, 3.63) is 22.8 Å². The maximum atomic E-state index is 12.2. The van der Waals surface area contributed by atoms with Gasteiger partial charge in [-0.15, -0.1) is 0 Å². The molecule has 1 fully saturated rings. The van der Waals surface area contributed by atoms with Gasteiger partial charge < -0.3 is 10.3 Å². The molecule has 0 spiro atoms. The fourth-order valence-corrected chi connectivity index (χ4v) is 2.18. The Morgan fingerprint density at radius 1 is 1.61 bits per heavy atom. The molecule has 3 N–H and O–H groups in total. The van der Waals surface area contributed by atoms with Gasteiger partial charge in [0.05, 0.1) is 5.02 Å². The quantitative estimate of drug-likeness (QED) is 0.646. The number of pyridine rings is 1. The van der Waals surface area contributed by atoms with Crippen LogP contribution in [-0.2, 0) is 0 Å². The maximum Gasteiger partial charge on any atom is 0.273 e. The molecule has 1 aliphatic carbocycles. The lowest BCUT2D eigenvalue weighted by atomic mass is 9.85. The Labute approximate surface area is 111 Å². The molecular formula is C12H17ClN4O. The number of rotatable bonds is 4. The van der Waals surface area contributed by atoms with Gasteiger partial charge in [-0.2, -0.15) is 0 Å². The van der Waals surface area contributed by atoms with E-state index in [1.807, 2.05) is 0 Å². The van der Waals surface area contributed by atoms with Gasteiger partial charge in [-0.1, -0.05) is 18.0 Å². The molecule has 1 aromatic heterocycles. The van der Waals surface area contributed by atoms with E-state index in [1.54, 1.807) is 24.1 Å². The zero-order valence-electron chi connectivity index (χ0n) is 10.3. The molecule has 1 aliphatic rings. The lowest BCUT2D eigenvalue weighted by Crippen LogP contribution is -2.35. The molecule has 0 aliphatic heterocycles. The Morgan fingerprint density at radius 3 is 2.89 bits per heavy atom. The average molecular weight is 269 g/mol. The van der Waals surface area contributed by atoms with Crippen molar-refractivity contribution in [2.45, 2.75) is 19.3 Å². The van der Waals surface area contributed by atoms with E-state index < -0.39 is 0 Å². The summed E-state index contributed by atoms with van der Waals surface area (Å²) >= 11 is 6.00. The summed E-state index contributed by atoms with van der Waals surface area (Å²) in [5.41, 5.74) is 2.66. The Kier molecular flexibility index (Phi) is 4.04. The summed E-state index contributed by atoms with van der Waals surface area (Å²) in [4.78, 5) is 18.0. The van der Waals surface area contributed by atoms with Gasteiger partial charge in [-0.25, -0.2) is 10.8 Å². The van der Waals surface area contributed by atoms with Crippen LogP contribution in [0.2, 0.25) is 5.02 Å². The number of anilines is 1. The van der Waals surface area contributed by atoms with Crippen molar-refractivity contribution in [2.24, 2.45) is 11.8 Å². The van der Waals surface area contributed by atoms with E-state index in [0.717, 1.165) is 6.54 Å². The first-order valence-corrected chi connectivity index (χ1v) is 6.38. The molecule has 1 amide bonds. The van der Waals surface area contributed by atoms with Gasteiger partial charge in [0, 0.05) is 13.6 Å². The van der Waals surface area contributed by atoms with Crippen LogP contribution in [0.25, 0.3) is 0 Å². The molecule has 0 bridgehead atoms. The molecule has 0 unspecified atom stereocenters. The minimum atomic E-state index is -0.163. The van der Waals surface area contributed by atoms with Crippen molar-refractivity contribution in [1.29, 1.82) is 0 Å². The molecule has 18 heavy (non-hydrogen) atoms. The van der Waals surface area contributed by atoms with E-state index in [-0.39, 0.29) is 11.6 Å². The van der Waals surface area contributed by atoms with Crippen molar-refractivity contribution in [3.8, 4) is 0 Å². The lowest BCUT2D eigenvalue weighted by Gasteiger charge is -2.30. The number of amides is 1. The predicted octanol–water partition coefficient (Wildman–Crippen LogP) is 1.89. The topological polar surface area (TPSA) is 71.2 Å². The number of halogens is 1. The van der Waals surface area contributed by atoms with Gasteiger partial charge in [-0.3, -0.25) is 4.79 Å². The van der Waals surface area contributed by atoms with Gasteiger partial charge in [0.25, 0.3) is 5.91 Å². The SMILES string of the molecule is CN(CC1CCC1)C(=O)c1nc(NN)ccc1Cl. The number of hydrazine groups is 1. The number of hydrogen-bond donors (Lipinski definition) is 2. The van der Waals surface area contributed by atoms with E-state index in [1.165, 1.54) is 19.3 Å². The molecule has 0 saturated heterocycles. The van der Waals surface area contributed by atoms with Gasteiger partial charge >= 0.3 is 0 Å². The Balaban J connectivity index is 2.11. The summed E-state index contributed by atoms with van der Waals surface area (Å²) in [6, 6.07) is 3.25. The van der Waals surface area contributed by atoms with Crippen LogP contribution in [-0.4, -0.2) is 29.4 Å².